The lowest BCUT2D eigenvalue weighted by molar-refractivity contribution is -0.135. The highest BCUT2D eigenvalue weighted by atomic mass is 16.5. The van der Waals surface area contributed by atoms with Crippen LogP contribution >= 0.6 is 0 Å². The minimum atomic E-state index is -0.533. The summed E-state index contributed by atoms with van der Waals surface area (Å²) < 4.78 is 12.2. The molecule has 2 bridgehead atoms. The van der Waals surface area contributed by atoms with E-state index in [0.717, 1.165) is 98.5 Å². The van der Waals surface area contributed by atoms with Crippen molar-refractivity contribution in [2.24, 2.45) is 34.1 Å². The number of aliphatic imine (C=N–C) groups is 1. The molecule has 1 spiro atoms. The number of fused-ring (bicyclic) bond motifs is 1. The van der Waals surface area contributed by atoms with E-state index in [1.165, 1.54) is 43.3 Å². The van der Waals surface area contributed by atoms with Crippen molar-refractivity contribution in [3.8, 4) is 0 Å². The molecular formula is C34H41NO4. The summed E-state index contributed by atoms with van der Waals surface area (Å²) >= 11 is 0. The molecule has 0 aromatic rings. The number of carbonyl (C=O) groups is 2. The van der Waals surface area contributed by atoms with E-state index < -0.39 is 5.41 Å². The van der Waals surface area contributed by atoms with Crippen LogP contribution in [0, 0.1) is 29.1 Å². The van der Waals surface area contributed by atoms with Crippen molar-refractivity contribution in [1.29, 1.82) is 0 Å². The third kappa shape index (κ3) is 3.97. The average Bonchev–Trinajstić information content (AvgIpc) is 3.66. The number of hydrogen-bond acceptors (Lipinski definition) is 5. The first-order valence-electron chi connectivity index (χ1n) is 15.6. The zero-order valence-corrected chi connectivity index (χ0v) is 23.3. The normalized spacial score (nSPS) is 35.5. The minimum absolute atomic E-state index is 0.0302. The molecule has 8 aliphatic rings. The van der Waals surface area contributed by atoms with Gasteiger partial charge in [0, 0.05) is 23.3 Å². The molecule has 39 heavy (non-hydrogen) atoms. The van der Waals surface area contributed by atoms with Crippen molar-refractivity contribution >= 4 is 18.2 Å². The molecule has 3 aliphatic heterocycles. The highest BCUT2D eigenvalue weighted by molar-refractivity contribution is 6.00. The van der Waals surface area contributed by atoms with Crippen LogP contribution in [-0.2, 0) is 19.1 Å². The highest BCUT2D eigenvalue weighted by Crippen LogP contribution is 2.70. The Morgan fingerprint density at radius 2 is 1.90 bits per heavy atom. The van der Waals surface area contributed by atoms with Crippen LogP contribution in [-0.4, -0.2) is 24.7 Å². The van der Waals surface area contributed by atoms with Crippen LogP contribution in [0.5, 0.6) is 0 Å². The third-order valence-electron chi connectivity index (χ3n) is 10.8. The smallest absolute Gasteiger partial charge is 0.340 e. The van der Waals surface area contributed by atoms with Gasteiger partial charge in [-0.25, -0.2) is 9.59 Å². The molecule has 4 atom stereocenters. The number of ether oxygens (including phenoxy) is 2. The van der Waals surface area contributed by atoms with E-state index >= 15 is 0 Å². The second kappa shape index (κ2) is 10.1. The molecule has 3 fully saturated rings. The fraction of sp³-hybridized carbons (Fsp3) is 0.618. The zero-order valence-electron chi connectivity index (χ0n) is 23.3. The lowest BCUT2D eigenvalue weighted by Gasteiger charge is -2.56. The number of carbonyl (C=O) groups excluding carboxylic acids is 2. The summed E-state index contributed by atoms with van der Waals surface area (Å²) in [6.07, 6.45) is 23.8. The summed E-state index contributed by atoms with van der Waals surface area (Å²) in [4.78, 5) is 31.8. The molecule has 0 amide bonds. The monoisotopic (exact) mass is 527 g/mol. The Hall–Kier alpha value is -2.69. The van der Waals surface area contributed by atoms with Gasteiger partial charge in [-0.1, -0.05) is 57.1 Å². The summed E-state index contributed by atoms with van der Waals surface area (Å²) in [5.41, 5.74) is 4.77. The molecule has 5 aliphatic carbocycles. The van der Waals surface area contributed by atoms with Crippen molar-refractivity contribution in [3.63, 3.8) is 0 Å². The van der Waals surface area contributed by atoms with E-state index in [-0.39, 0.29) is 17.9 Å². The first-order valence-corrected chi connectivity index (χ1v) is 15.6. The Labute approximate surface area is 232 Å². The SMILES string of the molecule is CCCC=C1OC(=O)C2=C1CCC1C3CCC4(C(=CCCC5CCCCC5)OC(=O)C4=C3CC3=CCN=C3)C21. The molecule has 3 heterocycles. The van der Waals surface area contributed by atoms with Gasteiger partial charge < -0.3 is 9.47 Å². The largest absolute Gasteiger partial charge is 0.427 e. The fourth-order valence-corrected chi connectivity index (χ4v) is 9.21. The van der Waals surface area contributed by atoms with Gasteiger partial charge in [0.1, 0.15) is 11.5 Å². The average molecular weight is 528 g/mol. The van der Waals surface area contributed by atoms with Crippen LogP contribution in [0.1, 0.15) is 96.8 Å². The molecule has 0 radical (unpaired) electrons. The van der Waals surface area contributed by atoms with E-state index in [2.05, 4.69) is 30.1 Å². The van der Waals surface area contributed by atoms with Gasteiger partial charge in [-0.15, -0.1) is 0 Å². The van der Waals surface area contributed by atoms with E-state index in [9.17, 15) is 9.59 Å². The Kier molecular flexibility index (Phi) is 6.52. The first-order chi connectivity index (χ1) is 19.1. The number of unbranched alkanes of at least 4 members (excludes halogenated alkanes) is 1. The van der Waals surface area contributed by atoms with Crippen LogP contribution in [0.25, 0.3) is 0 Å². The van der Waals surface area contributed by atoms with Gasteiger partial charge in [0.15, 0.2) is 0 Å². The maximum Gasteiger partial charge on any atom is 0.340 e. The summed E-state index contributed by atoms with van der Waals surface area (Å²) in [7, 11) is 0. The Morgan fingerprint density at radius 3 is 2.69 bits per heavy atom. The third-order valence-corrected chi connectivity index (χ3v) is 10.8. The van der Waals surface area contributed by atoms with Crippen molar-refractivity contribution in [3.05, 3.63) is 57.6 Å². The van der Waals surface area contributed by atoms with E-state index in [1.54, 1.807) is 0 Å². The van der Waals surface area contributed by atoms with Crippen LogP contribution in [0.3, 0.4) is 0 Å². The zero-order chi connectivity index (χ0) is 26.6. The number of hydrogen-bond donors (Lipinski definition) is 0. The minimum Gasteiger partial charge on any atom is -0.427 e. The number of esters is 2. The predicted octanol–water partition coefficient (Wildman–Crippen LogP) is 7.46. The van der Waals surface area contributed by atoms with Crippen LogP contribution in [0.2, 0.25) is 0 Å². The Bertz CT molecular complexity index is 1270. The second-order valence-corrected chi connectivity index (χ2v) is 12.8. The number of cyclic esters (lactones) is 2. The lowest BCUT2D eigenvalue weighted by atomic mass is 9.44. The van der Waals surface area contributed by atoms with Crippen molar-refractivity contribution < 1.29 is 19.1 Å². The van der Waals surface area contributed by atoms with Gasteiger partial charge in [0.05, 0.1) is 17.5 Å². The molecule has 5 nitrogen and oxygen atoms in total. The van der Waals surface area contributed by atoms with Crippen molar-refractivity contribution in [2.45, 2.75) is 96.8 Å². The second-order valence-electron chi connectivity index (χ2n) is 12.8. The number of allylic oxidation sites excluding steroid dienone is 6. The van der Waals surface area contributed by atoms with E-state index in [0.29, 0.717) is 11.8 Å². The molecule has 206 valence electrons. The van der Waals surface area contributed by atoms with Crippen molar-refractivity contribution in [2.75, 3.05) is 6.54 Å². The maximum atomic E-state index is 13.8. The topological polar surface area (TPSA) is 65.0 Å². The van der Waals surface area contributed by atoms with Gasteiger partial charge in [-0.2, -0.15) is 0 Å². The van der Waals surface area contributed by atoms with Crippen LogP contribution < -0.4 is 0 Å². The quantitative estimate of drug-likeness (QED) is 0.322. The van der Waals surface area contributed by atoms with E-state index in [1.807, 2.05) is 6.21 Å². The van der Waals surface area contributed by atoms with Gasteiger partial charge in [0.25, 0.3) is 0 Å². The molecule has 0 N–H and O–H groups in total. The summed E-state index contributed by atoms with van der Waals surface area (Å²) in [5, 5.41) is 0. The molecule has 4 unspecified atom stereocenters. The fourth-order valence-electron chi connectivity index (χ4n) is 9.21. The first kappa shape index (κ1) is 25.3. The van der Waals surface area contributed by atoms with Crippen molar-refractivity contribution in [1.82, 2.24) is 0 Å². The Morgan fingerprint density at radius 1 is 1.03 bits per heavy atom. The van der Waals surface area contributed by atoms with Crippen LogP contribution in [0.4, 0.5) is 0 Å². The van der Waals surface area contributed by atoms with Crippen LogP contribution in [0.15, 0.2) is 62.6 Å². The molecule has 5 heteroatoms. The Balaban J connectivity index is 1.33. The van der Waals surface area contributed by atoms with Gasteiger partial charge >= 0.3 is 11.9 Å². The molecule has 0 aromatic carbocycles. The van der Waals surface area contributed by atoms with Gasteiger partial charge in [0.2, 0.25) is 0 Å². The molecule has 0 aromatic heterocycles. The van der Waals surface area contributed by atoms with Gasteiger partial charge in [-0.3, -0.25) is 4.99 Å². The highest BCUT2D eigenvalue weighted by Gasteiger charge is 2.68. The number of nitrogens with zero attached hydrogens (tertiary/aromatic N) is 1. The standard InChI is InChI=1S/C34H41NO4/c1-2-3-11-27-25-14-13-24-23-15-17-34(30(24)29(25)32(36)38-27)28(12-7-10-21-8-5-4-6-9-21)39-33(37)31(34)26(23)19-22-16-18-35-20-22/h11-12,16,20-21,23-24,30H,2-10,13-15,17-19H2,1H3. The molecule has 1 saturated heterocycles. The van der Waals surface area contributed by atoms with Gasteiger partial charge in [-0.05, 0) is 86.8 Å². The maximum absolute atomic E-state index is 13.8. The molecule has 8 rings (SSSR count). The predicted molar refractivity (Wildman–Crippen MR) is 151 cm³/mol. The summed E-state index contributed by atoms with van der Waals surface area (Å²) in [6.45, 7) is 2.87. The molecule has 2 saturated carbocycles. The summed E-state index contributed by atoms with van der Waals surface area (Å²) in [6, 6.07) is 0. The lowest BCUT2D eigenvalue weighted by Crippen LogP contribution is -2.52. The number of rotatable bonds is 7. The summed E-state index contributed by atoms with van der Waals surface area (Å²) in [5.74, 6) is 2.65. The van der Waals surface area contributed by atoms with E-state index in [4.69, 9.17) is 9.47 Å². The molecular weight excluding hydrogens is 486 g/mol.